The quantitative estimate of drug-likeness (QED) is 0.734. The van der Waals surface area contributed by atoms with E-state index in [0.717, 1.165) is 13.0 Å². The van der Waals surface area contributed by atoms with Crippen molar-refractivity contribution in [1.82, 2.24) is 10.6 Å². The predicted octanol–water partition coefficient (Wildman–Crippen LogP) is 2.56. The van der Waals surface area contributed by atoms with Crippen molar-refractivity contribution < 1.29 is 4.79 Å². The Labute approximate surface area is 108 Å². The van der Waals surface area contributed by atoms with Gasteiger partial charge in [0.1, 0.15) is 0 Å². The first kappa shape index (κ1) is 14.2. The summed E-state index contributed by atoms with van der Waals surface area (Å²) in [5.74, 6) is 0.481. The van der Waals surface area contributed by atoms with Gasteiger partial charge in [-0.1, -0.05) is 26.8 Å². The molecular formula is C13H22N2OS. The average Bonchev–Trinajstić information content (AvgIpc) is 2.79. The van der Waals surface area contributed by atoms with Gasteiger partial charge in [-0.3, -0.25) is 4.79 Å². The smallest absolute Gasteiger partial charge is 0.234 e. The monoisotopic (exact) mass is 254 g/mol. The maximum Gasteiger partial charge on any atom is 0.234 e. The van der Waals surface area contributed by atoms with Crippen LogP contribution in [0.5, 0.6) is 0 Å². The Morgan fingerprint density at radius 2 is 2.24 bits per heavy atom. The van der Waals surface area contributed by atoms with E-state index in [1.54, 1.807) is 11.3 Å². The fourth-order valence-corrected chi connectivity index (χ4v) is 2.59. The maximum absolute atomic E-state index is 11.8. The van der Waals surface area contributed by atoms with Gasteiger partial charge in [0.05, 0.1) is 12.6 Å². The Kier molecular flexibility index (Phi) is 6.22. The SMILES string of the molecule is CCCNCC(=O)NC(c1cccs1)C(C)C. The summed E-state index contributed by atoms with van der Waals surface area (Å²) in [7, 11) is 0. The second-order valence-electron chi connectivity index (χ2n) is 4.48. The molecule has 1 rings (SSSR count). The van der Waals surface area contributed by atoms with Gasteiger partial charge in [0.15, 0.2) is 0 Å². The van der Waals surface area contributed by atoms with Gasteiger partial charge in [-0.2, -0.15) is 0 Å². The molecule has 0 spiro atoms. The Hall–Kier alpha value is -0.870. The van der Waals surface area contributed by atoms with E-state index >= 15 is 0 Å². The van der Waals surface area contributed by atoms with Gasteiger partial charge in [0.2, 0.25) is 5.91 Å². The van der Waals surface area contributed by atoms with Crippen LogP contribution in [0.3, 0.4) is 0 Å². The minimum atomic E-state index is 0.0746. The molecule has 0 bridgehead atoms. The second-order valence-corrected chi connectivity index (χ2v) is 5.46. The summed E-state index contributed by atoms with van der Waals surface area (Å²) in [5, 5.41) is 8.25. The van der Waals surface area contributed by atoms with Crippen LogP contribution in [0.25, 0.3) is 0 Å². The minimum Gasteiger partial charge on any atom is -0.347 e. The number of amides is 1. The van der Waals surface area contributed by atoms with Crippen molar-refractivity contribution in [2.45, 2.75) is 33.2 Å². The van der Waals surface area contributed by atoms with Crippen molar-refractivity contribution in [2.24, 2.45) is 5.92 Å². The van der Waals surface area contributed by atoms with E-state index in [1.165, 1.54) is 4.88 Å². The number of carbonyl (C=O) groups excluding carboxylic acids is 1. The highest BCUT2D eigenvalue weighted by molar-refractivity contribution is 7.10. The van der Waals surface area contributed by atoms with Crippen LogP contribution in [-0.4, -0.2) is 19.0 Å². The molecule has 0 fully saturated rings. The molecule has 1 aromatic heterocycles. The largest absolute Gasteiger partial charge is 0.347 e. The summed E-state index contributed by atoms with van der Waals surface area (Å²) in [4.78, 5) is 13.0. The van der Waals surface area contributed by atoms with Crippen molar-refractivity contribution in [2.75, 3.05) is 13.1 Å². The van der Waals surface area contributed by atoms with Crippen molar-refractivity contribution in [3.05, 3.63) is 22.4 Å². The van der Waals surface area contributed by atoms with Crippen molar-refractivity contribution >= 4 is 17.2 Å². The zero-order valence-electron chi connectivity index (χ0n) is 10.8. The Morgan fingerprint density at radius 3 is 2.76 bits per heavy atom. The van der Waals surface area contributed by atoms with Gasteiger partial charge in [-0.05, 0) is 30.3 Å². The third-order valence-electron chi connectivity index (χ3n) is 2.55. The molecule has 0 aliphatic rings. The molecule has 0 saturated heterocycles. The van der Waals surface area contributed by atoms with E-state index in [-0.39, 0.29) is 11.9 Å². The molecule has 1 unspecified atom stereocenters. The average molecular weight is 254 g/mol. The van der Waals surface area contributed by atoms with E-state index in [0.29, 0.717) is 12.5 Å². The van der Waals surface area contributed by atoms with Crippen LogP contribution in [-0.2, 0) is 4.79 Å². The van der Waals surface area contributed by atoms with E-state index in [9.17, 15) is 4.79 Å². The summed E-state index contributed by atoms with van der Waals surface area (Å²) in [6, 6.07) is 4.23. The fraction of sp³-hybridized carbons (Fsp3) is 0.615. The lowest BCUT2D eigenvalue weighted by Crippen LogP contribution is -2.38. The molecule has 2 N–H and O–H groups in total. The molecule has 1 aromatic rings. The standard InChI is InChI=1S/C13H22N2OS/c1-4-7-14-9-12(16)15-13(10(2)3)11-6-5-8-17-11/h5-6,8,10,13-14H,4,7,9H2,1-3H3,(H,15,16). The predicted molar refractivity (Wildman–Crippen MR) is 73.2 cm³/mol. The van der Waals surface area contributed by atoms with Gasteiger partial charge >= 0.3 is 0 Å². The fourth-order valence-electron chi connectivity index (χ4n) is 1.64. The molecule has 0 saturated carbocycles. The zero-order valence-corrected chi connectivity index (χ0v) is 11.6. The molecule has 1 atom stereocenters. The molecule has 4 heteroatoms. The van der Waals surface area contributed by atoms with Gasteiger partial charge < -0.3 is 10.6 Å². The highest BCUT2D eigenvalue weighted by Gasteiger charge is 2.18. The van der Waals surface area contributed by atoms with E-state index < -0.39 is 0 Å². The third-order valence-corrected chi connectivity index (χ3v) is 3.50. The third kappa shape index (κ3) is 4.88. The lowest BCUT2D eigenvalue weighted by molar-refractivity contribution is -0.121. The highest BCUT2D eigenvalue weighted by Crippen LogP contribution is 2.25. The van der Waals surface area contributed by atoms with Gasteiger partial charge in [0.25, 0.3) is 0 Å². The first-order valence-corrected chi connectivity index (χ1v) is 7.06. The lowest BCUT2D eigenvalue weighted by atomic mass is 10.0. The summed E-state index contributed by atoms with van der Waals surface area (Å²) in [5.41, 5.74) is 0. The molecule has 3 nitrogen and oxygen atoms in total. The zero-order chi connectivity index (χ0) is 12.7. The molecule has 0 aromatic carbocycles. The Morgan fingerprint density at radius 1 is 1.47 bits per heavy atom. The van der Waals surface area contributed by atoms with Gasteiger partial charge in [-0.15, -0.1) is 11.3 Å². The molecule has 17 heavy (non-hydrogen) atoms. The van der Waals surface area contributed by atoms with Crippen LogP contribution in [0.1, 0.15) is 38.1 Å². The molecule has 1 heterocycles. The van der Waals surface area contributed by atoms with Crippen LogP contribution in [0.2, 0.25) is 0 Å². The summed E-state index contributed by atoms with van der Waals surface area (Å²) in [6.45, 7) is 7.64. The van der Waals surface area contributed by atoms with Crippen molar-refractivity contribution in [3.8, 4) is 0 Å². The van der Waals surface area contributed by atoms with Crippen molar-refractivity contribution in [3.63, 3.8) is 0 Å². The molecule has 0 aliphatic heterocycles. The summed E-state index contributed by atoms with van der Waals surface area (Å²) in [6.07, 6.45) is 1.05. The minimum absolute atomic E-state index is 0.0746. The summed E-state index contributed by atoms with van der Waals surface area (Å²) >= 11 is 1.69. The van der Waals surface area contributed by atoms with Gasteiger partial charge in [-0.25, -0.2) is 0 Å². The normalized spacial score (nSPS) is 12.7. The number of carbonyl (C=O) groups is 1. The van der Waals surface area contributed by atoms with Crippen LogP contribution in [0, 0.1) is 5.92 Å². The van der Waals surface area contributed by atoms with E-state index in [4.69, 9.17) is 0 Å². The lowest BCUT2D eigenvalue weighted by Gasteiger charge is -2.21. The first-order valence-electron chi connectivity index (χ1n) is 6.18. The molecular weight excluding hydrogens is 232 g/mol. The number of hydrogen-bond donors (Lipinski definition) is 2. The molecule has 0 radical (unpaired) electrons. The molecule has 1 amide bonds. The van der Waals surface area contributed by atoms with Crippen LogP contribution < -0.4 is 10.6 Å². The number of thiophene rings is 1. The van der Waals surface area contributed by atoms with Crippen LogP contribution in [0.4, 0.5) is 0 Å². The second kappa shape index (κ2) is 7.45. The summed E-state index contributed by atoms with van der Waals surface area (Å²) < 4.78 is 0. The Bertz CT molecular complexity index is 322. The highest BCUT2D eigenvalue weighted by atomic mass is 32.1. The van der Waals surface area contributed by atoms with Gasteiger partial charge in [0, 0.05) is 4.88 Å². The molecule has 0 aliphatic carbocycles. The topological polar surface area (TPSA) is 41.1 Å². The van der Waals surface area contributed by atoms with E-state index in [2.05, 4.69) is 37.5 Å². The first-order chi connectivity index (χ1) is 8.15. The van der Waals surface area contributed by atoms with Crippen LogP contribution in [0.15, 0.2) is 17.5 Å². The number of hydrogen-bond acceptors (Lipinski definition) is 3. The number of rotatable bonds is 7. The molecule has 96 valence electrons. The maximum atomic E-state index is 11.8. The number of nitrogens with one attached hydrogen (secondary N) is 2. The van der Waals surface area contributed by atoms with E-state index in [1.807, 2.05) is 11.4 Å². The Balaban J connectivity index is 2.48. The van der Waals surface area contributed by atoms with Crippen molar-refractivity contribution in [1.29, 1.82) is 0 Å². The van der Waals surface area contributed by atoms with Crippen LogP contribution >= 0.6 is 11.3 Å².